The molecule has 0 amide bonds. The van der Waals surface area contributed by atoms with Crippen LogP contribution in [0.3, 0.4) is 0 Å². The number of hydrogen-bond acceptors (Lipinski definition) is 3. The van der Waals surface area contributed by atoms with Crippen LogP contribution in [0.4, 0.5) is 13.2 Å². The Labute approximate surface area is 151 Å². The summed E-state index contributed by atoms with van der Waals surface area (Å²) in [5.74, 6) is -3.91. The molecule has 0 fully saturated rings. The molecule has 0 atom stereocenters. The largest absolute Gasteiger partial charge is 0.302 e. The second-order valence-electron chi connectivity index (χ2n) is 6.05. The lowest BCUT2D eigenvalue weighted by Crippen LogP contribution is -2.30. The Bertz CT molecular complexity index is 1020. The lowest BCUT2D eigenvalue weighted by Gasteiger charge is -2.18. The Balaban J connectivity index is 2.38. The molecule has 0 unspecified atom stereocenters. The van der Waals surface area contributed by atoms with Crippen LogP contribution in [0.5, 0.6) is 0 Å². The molecule has 0 spiro atoms. The van der Waals surface area contributed by atoms with Gasteiger partial charge in [-0.3, -0.25) is 4.79 Å². The third kappa shape index (κ3) is 3.12. The van der Waals surface area contributed by atoms with Gasteiger partial charge in [0.15, 0.2) is 16.8 Å². The maximum Gasteiger partial charge on any atom is 0.296 e. The summed E-state index contributed by atoms with van der Waals surface area (Å²) in [6.07, 6.45) is 2.93. The molecule has 9 heteroatoms. The van der Waals surface area contributed by atoms with E-state index < -0.39 is 28.6 Å². The lowest BCUT2D eigenvalue weighted by molar-refractivity contribution is 0.487. The van der Waals surface area contributed by atoms with Gasteiger partial charge in [0.1, 0.15) is 5.82 Å². The minimum Gasteiger partial charge on any atom is -0.302 e. The topological polar surface area (TPSA) is 52.7 Å². The zero-order chi connectivity index (χ0) is 19.0. The van der Waals surface area contributed by atoms with Crippen molar-refractivity contribution < 1.29 is 13.2 Å². The van der Waals surface area contributed by atoms with Crippen LogP contribution in [0.25, 0.3) is 17.1 Å². The van der Waals surface area contributed by atoms with E-state index in [0.29, 0.717) is 6.07 Å². The zero-order valence-electron chi connectivity index (χ0n) is 13.9. The summed E-state index contributed by atoms with van der Waals surface area (Å²) in [5.41, 5.74) is -1.69. The summed E-state index contributed by atoms with van der Waals surface area (Å²) in [6, 6.07) is 3.02. The van der Waals surface area contributed by atoms with E-state index in [9.17, 15) is 18.0 Å². The molecule has 2 aromatic heterocycles. The highest BCUT2D eigenvalue weighted by Crippen LogP contribution is 2.32. The third-order valence-corrected chi connectivity index (χ3v) is 3.92. The second kappa shape index (κ2) is 6.95. The van der Waals surface area contributed by atoms with Crippen molar-refractivity contribution >= 4 is 11.6 Å². The molecule has 0 radical (unpaired) electrons. The predicted molar refractivity (Wildman–Crippen MR) is 90.8 cm³/mol. The smallest absolute Gasteiger partial charge is 0.296 e. The summed E-state index contributed by atoms with van der Waals surface area (Å²) in [5, 5.41) is 3.60. The van der Waals surface area contributed by atoms with Crippen molar-refractivity contribution in [2.45, 2.75) is 20.4 Å². The molecule has 5 nitrogen and oxygen atoms in total. The molecular formula is C17H14ClF3N4O. The van der Waals surface area contributed by atoms with Crippen LogP contribution in [0.1, 0.15) is 13.8 Å². The number of aromatic nitrogens is 4. The average molecular weight is 383 g/mol. The first-order valence-electron chi connectivity index (χ1n) is 7.75. The van der Waals surface area contributed by atoms with Gasteiger partial charge in [0, 0.05) is 18.9 Å². The van der Waals surface area contributed by atoms with Crippen molar-refractivity contribution in [1.29, 1.82) is 0 Å². The monoisotopic (exact) mass is 382 g/mol. The van der Waals surface area contributed by atoms with Crippen LogP contribution < -0.4 is 5.56 Å². The molecule has 0 saturated heterocycles. The molecular weight excluding hydrogens is 369 g/mol. The summed E-state index contributed by atoms with van der Waals surface area (Å²) < 4.78 is 44.6. The molecule has 0 bridgehead atoms. The molecule has 0 saturated carbocycles. The quantitative estimate of drug-likeness (QED) is 0.644. The maximum absolute atomic E-state index is 14.3. The van der Waals surface area contributed by atoms with E-state index in [1.54, 1.807) is 6.07 Å². The first-order chi connectivity index (χ1) is 12.3. The Morgan fingerprint density at radius 3 is 2.50 bits per heavy atom. The highest BCUT2D eigenvalue weighted by atomic mass is 35.5. The number of nitrogens with zero attached hydrogens (tertiary/aromatic N) is 4. The fraction of sp³-hybridized carbons (Fsp3) is 0.235. The van der Waals surface area contributed by atoms with E-state index in [-0.39, 0.29) is 29.1 Å². The van der Waals surface area contributed by atoms with Gasteiger partial charge in [-0.15, -0.1) is 0 Å². The van der Waals surface area contributed by atoms with Gasteiger partial charge in [0.25, 0.3) is 5.56 Å². The Hall–Kier alpha value is -2.61. The first-order valence-corrected chi connectivity index (χ1v) is 8.13. The van der Waals surface area contributed by atoms with Crippen molar-refractivity contribution in [3.05, 3.63) is 63.6 Å². The minimum atomic E-state index is -1.43. The SMILES string of the molecule is CC(C)Cn1c(-c2c(F)ccc(F)c2F)c(Cl)nc(-n2cccn2)c1=O. The van der Waals surface area contributed by atoms with E-state index in [1.165, 1.54) is 17.1 Å². The maximum atomic E-state index is 14.3. The highest BCUT2D eigenvalue weighted by molar-refractivity contribution is 6.31. The Morgan fingerprint density at radius 1 is 1.19 bits per heavy atom. The molecule has 1 aromatic carbocycles. The zero-order valence-corrected chi connectivity index (χ0v) is 14.6. The predicted octanol–water partition coefficient (Wildman–Crippen LogP) is 3.82. The standard InChI is InChI=1S/C17H14ClF3N4O/c1-9(2)8-24-14(12-10(19)4-5-11(20)13(12)21)15(18)23-16(17(24)26)25-7-3-6-22-25/h3-7,9H,8H2,1-2H3. The van der Waals surface area contributed by atoms with Gasteiger partial charge in [0.2, 0.25) is 5.82 Å². The van der Waals surface area contributed by atoms with Crippen LogP contribution in [0.2, 0.25) is 5.15 Å². The van der Waals surface area contributed by atoms with Crippen molar-refractivity contribution in [3.63, 3.8) is 0 Å². The molecule has 0 N–H and O–H groups in total. The van der Waals surface area contributed by atoms with E-state index in [2.05, 4.69) is 10.1 Å². The molecule has 0 aliphatic heterocycles. The summed E-state index contributed by atoms with van der Waals surface area (Å²) in [6.45, 7) is 3.73. The van der Waals surface area contributed by atoms with Crippen molar-refractivity contribution in [3.8, 4) is 17.1 Å². The van der Waals surface area contributed by atoms with E-state index in [1.807, 2.05) is 13.8 Å². The fourth-order valence-electron chi connectivity index (χ4n) is 2.59. The normalized spacial score (nSPS) is 11.3. The summed E-state index contributed by atoms with van der Waals surface area (Å²) >= 11 is 6.17. The van der Waals surface area contributed by atoms with Crippen LogP contribution in [-0.2, 0) is 6.54 Å². The molecule has 136 valence electrons. The van der Waals surface area contributed by atoms with Gasteiger partial charge in [-0.2, -0.15) is 5.10 Å². The molecule has 2 heterocycles. The fourth-order valence-corrected chi connectivity index (χ4v) is 2.87. The summed E-state index contributed by atoms with van der Waals surface area (Å²) in [4.78, 5) is 16.8. The Kier molecular flexibility index (Phi) is 4.86. The number of rotatable bonds is 4. The van der Waals surface area contributed by atoms with E-state index in [4.69, 9.17) is 11.6 Å². The van der Waals surface area contributed by atoms with Gasteiger partial charge < -0.3 is 4.57 Å². The van der Waals surface area contributed by atoms with Gasteiger partial charge in [-0.25, -0.2) is 22.8 Å². The van der Waals surface area contributed by atoms with Crippen molar-refractivity contribution in [2.75, 3.05) is 0 Å². The van der Waals surface area contributed by atoms with Gasteiger partial charge in [-0.05, 0) is 24.1 Å². The second-order valence-corrected chi connectivity index (χ2v) is 6.41. The third-order valence-electron chi connectivity index (χ3n) is 3.66. The molecule has 0 aliphatic carbocycles. The van der Waals surface area contributed by atoms with Gasteiger partial charge in [-0.1, -0.05) is 25.4 Å². The molecule has 26 heavy (non-hydrogen) atoms. The van der Waals surface area contributed by atoms with Crippen LogP contribution in [0.15, 0.2) is 35.4 Å². The van der Waals surface area contributed by atoms with Crippen molar-refractivity contribution in [2.24, 2.45) is 5.92 Å². The van der Waals surface area contributed by atoms with E-state index >= 15 is 0 Å². The summed E-state index contributed by atoms with van der Waals surface area (Å²) in [7, 11) is 0. The number of hydrogen-bond donors (Lipinski definition) is 0. The van der Waals surface area contributed by atoms with Gasteiger partial charge in [0.05, 0.1) is 11.3 Å². The average Bonchev–Trinajstić information content (AvgIpc) is 3.10. The molecule has 0 aliphatic rings. The Morgan fingerprint density at radius 2 is 1.88 bits per heavy atom. The number of benzene rings is 1. The molecule has 3 rings (SSSR count). The van der Waals surface area contributed by atoms with Crippen LogP contribution in [-0.4, -0.2) is 19.3 Å². The van der Waals surface area contributed by atoms with Crippen LogP contribution in [0, 0.1) is 23.4 Å². The van der Waals surface area contributed by atoms with Crippen LogP contribution >= 0.6 is 11.6 Å². The van der Waals surface area contributed by atoms with Crippen molar-refractivity contribution in [1.82, 2.24) is 19.3 Å². The number of halogens is 4. The first kappa shape index (κ1) is 18.2. The molecule has 3 aromatic rings. The van der Waals surface area contributed by atoms with E-state index in [0.717, 1.165) is 10.6 Å². The minimum absolute atomic E-state index is 0.0601. The lowest BCUT2D eigenvalue weighted by atomic mass is 10.1. The highest BCUT2D eigenvalue weighted by Gasteiger charge is 2.25. The van der Waals surface area contributed by atoms with Gasteiger partial charge >= 0.3 is 0 Å².